The largest absolute Gasteiger partial charge is 0.493 e. The van der Waals surface area contributed by atoms with Crippen molar-refractivity contribution in [1.82, 2.24) is 0 Å². The number of benzene rings is 1. The van der Waals surface area contributed by atoms with Crippen LogP contribution in [0.3, 0.4) is 0 Å². The lowest BCUT2D eigenvalue weighted by atomic mass is 10.00. The summed E-state index contributed by atoms with van der Waals surface area (Å²) in [6, 6.07) is 4.35. The maximum atomic E-state index is 5.76. The summed E-state index contributed by atoms with van der Waals surface area (Å²) < 4.78 is 5.76. The first-order valence-electron chi connectivity index (χ1n) is 5.01. The summed E-state index contributed by atoms with van der Waals surface area (Å²) in [6.07, 6.45) is 3.63. The van der Waals surface area contributed by atoms with E-state index < -0.39 is 0 Å². The Balaban J connectivity index is 2.50. The zero-order chi connectivity index (χ0) is 9.26. The SMILES string of the molecule is Cc1ccc(C)c2c1CCCCO2. The van der Waals surface area contributed by atoms with Crippen LogP contribution in [-0.4, -0.2) is 6.61 Å². The van der Waals surface area contributed by atoms with Gasteiger partial charge in [-0.25, -0.2) is 0 Å². The van der Waals surface area contributed by atoms with Gasteiger partial charge in [-0.3, -0.25) is 0 Å². The molecule has 0 unspecified atom stereocenters. The van der Waals surface area contributed by atoms with E-state index in [1.165, 1.54) is 36.0 Å². The maximum absolute atomic E-state index is 5.76. The minimum Gasteiger partial charge on any atom is -0.493 e. The molecule has 0 bridgehead atoms. The minimum absolute atomic E-state index is 0.886. The van der Waals surface area contributed by atoms with Crippen molar-refractivity contribution >= 4 is 0 Å². The molecule has 1 nitrogen and oxygen atoms in total. The van der Waals surface area contributed by atoms with Gasteiger partial charge in [0.15, 0.2) is 0 Å². The van der Waals surface area contributed by atoms with Gasteiger partial charge in [0, 0.05) is 0 Å². The molecule has 1 aromatic rings. The van der Waals surface area contributed by atoms with E-state index in [9.17, 15) is 0 Å². The van der Waals surface area contributed by atoms with Crippen molar-refractivity contribution < 1.29 is 4.74 Å². The quantitative estimate of drug-likeness (QED) is 0.590. The molecule has 0 aromatic heterocycles. The van der Waals surface area contributed by atoms with Gasteiger partial charge in [-0.2, -0.15) is 0 Å². The first kappa shape index (κ1) is 8.61. The van der Waals surface area contributed by atoms with E-state index in [1.807, 2.05) is 0 Å². The van der Waals surface area contributed by atoms with Gasteiger partial charge in [0.2, 0.25) is 0 Å². The van der Waals surface area contributed by atoms with Gasteiger partial charge in [0.05, 0.1) is 6.61 Å². The third kappa shape index (κ3) is 1.55. The lowest BCUT2D eigenvalue weighted by Gasteiger charge is -2.12. The normalized spacial score (nSPS) is 15.8. The summed E-state index contributed by atoms with van der Waals surface area (Å²) >= 11 is 0. The highest BCUT2D eigenvalue weighted by atomic mass is 16.5. The molecule has 1 aromatic carbocycles. The summed E-state index contributed by atoms with van der Waals surface area (Å²) in [6.45, 7) is 5.19. The van der Waals surface area contributed by atoms with Gasteiger partial charge < -0.3 is 4.74 Å². The molecular formula is C12H16O. The van der Waals surface area contributed by atoms with Crippen LogP contribution in [0, 0.1) is 13.8 Å². The zero-order valence-corrected chi connectivity index (χ0v) is 8.39. The Morgan fingerprint density at radius 1 is 1.08 bits per heavy atom. The monoisotopic (exact) mass is 176 g/mol. The van der Waals surface area contributed by atoms with Crippen LogP contribution in [0.1, 0.15) is 29.5 Å². The predicted octanol–water partition coefficient (Wildman–Crippen LogP) is 3.02. The fraction of sp³-hybridized carbons (Fsp3) is 0.500. The molecule has 0 atom stereocenters. The number of hydrogen-bond acceptors (Lipinski definition) is 1. The number of rotatable bonds is 0. The van der Waals surface area contributed by atoms with Crippen molar-refractivity contribution in [2.75, 3.05) is 6.61 Å². The van der Waals surface area contributed by atoms with Gasteiger partial charge in [-0.1, -0.05) is 12.1 Å². The third-order valence-electron chi connectivity index (χ3n) is 2.76. The average Bonchev–Trinajstić information content (AvgIpc) is 2.37. The summed E-state index contributed by atoms with van der Waals surface area (Å²) in [5.74, 6) is 1.15. The Labute approximate surface area is 79.7 Å². The highest BCUT2D eigenvalue weighted by Gasteiger charge is 2.12. The molecule has 1 aliphatic rings. The van der Waals surface area contributed by atoms with E-state index in [-0.39, 0.29) is 0 Å². The Kier molecular flexibility index (Phi) is 2.26. The van der Waals surface area contributed by atoms with E-state index in [0.29, 0.717) is 0 Å². The van der Waals surface area contributed by atoms with E-state index in [0.717, 1.165) is 12.4 Å². The molecule has 2 rings (SSSR count). The summed E-state index contributed by atoms with van der Waals surface area (Å²) in [4.78, 5) is 0. The second kappa shape index (κ2) is 3.41. The van der Waals surface area contributed by atoms with Crippen LogP contribution < -0.4 is 4.74 Å². The molecule has 70 valence electrons. The van der Waals surface area contributed by atoms with E-state index in [2.05, 4.69) is 26.0 Å². The molecule has 1 heterocycles. The van der Waals surface area contributed by atoms with Crippen molar-refractivity contribution in [3.63, 3.8) is 0 Å². The van der Waals surface area contributed by atoms with Gasteiger partial charge in [0.1, 0.15) is 5.75 Å². The molecule has 0 spiro atoms. The van der Waals surface area contributed by atoms with E-state index >= 15 is 0 Å². The molecule has 1 aliphatic heterocycles. The lowest BCUT2D eigenvalue weighted by Crippen LogP contribution is -1.98. The molecule has 0 aliphatic carbocycles. The average molecular weight is 176 g/mol. The summed E-state index contributed by atoms with van der Waals surface area (Å²) in [7, 11) is 0. The maximum Gasteiger partial charge on any atom is 0.125 e. The molecule has 1 heteroatoms. The first-order chi connectivity index (χ1) is 6.29. The fourth-order valence-electron chi connectivity index (χ4n) is 1.93. The van der Waals surface area contributed by atoms with Gasteiger partial charge in [-0.15, -0.1) is 0 Å². The van der Waals surface area contributed by atoms with Crippen molar-refractivity contribution in [2.24, 2.45) is 0 Å². The van der Waals surface area contributed by atoms with Crippen LogP contribution in [0.4, 0.5) is 0 Å². The fourth-order valence-corrected chi connectivity index (χ4v) is 1.93. The van der Waals surface area contributed by atoms with Gasteiger partial charge in [0.25, 0.3) is 0 Å². The summed E-state index contributed by atoms with van der Waals surface area (Å²) in [5, 5.41) is 0. The highest BCUT2D eigenvalue weighted by Crippen LogP contribution is 2.30. The molecule has 13 heavy (non-hydrogen) atoms. The predicted molar refractivity (Wildman–Crippen MR) is 54.3 cm³/mol. The minimum atomic E-state index is 0.886. The Bertz CT molecular complexity index is 284. The van der Waals surface area contributed by atoms with Crippen LogP contribution in [0.5, 0.6) is 5.75 Å². The smallest absolute Gasteiger partial charge is 0.125 e. The van der Waals surface area contributed by atoms with Crippen molar-refractivity contribution in [3.8, 4) is 5.75 Å². The second-order valence-electron chi connectivity index (χ2n) is 3.81. The van der Waals surface area contributed by atoms with Crippen LogP contribution in [0.15, 0.2) is 12.1 Å². The first-order valence-corrected chi connectivity index (χ1v) is 5.01. The number of aryl methyl sites for hydroxylation is 2. The van der Waals surface area contributed by atoms with Crippen LogP contribution in [0.2, 0.25) is 0 Å². The topological polar surface area (TPSA) is 9.23 Å². The molecule has 0 fully saturated rings. The standard InChI is InChI=1S/C12H16O/c1-9-6-7-10(2)12-11(9)5-3-4-8-13-12/h6-7H,3-5,8H2,1-2H3. The number of fused-ring (bicyclic) bond motifs is 1. The zero-order valence-electron chi connectivity index (χ0n) is 8.39. The van der Waals surface area contributed by atoms with Crippen molar-refractivity contribution in [3.05, 3.63) is 28.8 Å². The molecule has 0 N–H and O–H groups in total. The Morgan fingerprint density at radius 3 is 2.69 bits per heavy atom. The molecular weight excluding hydrogens is 160 g/mol. The van der Waals surface area contributed by atoms with Crippen LogP contribution >= 0.6 is 0 Å². The Morgan fingerprint density at radius 2 is 1.85 bits per heavy atom. The van der Waals surface area contributed by atoms with Crippen LogP contribution in [0.25, 0.3) is 0 Å². The Hall–Kier alpha value is -0.980. The number of hydrogen-bond donors (Lipinski definition) is 0. The second-order valence-corrected chi connectivity index (χ2v) is 3.81. The van der Waals surface area contributed by atoms with Crippen molar-refractivity contribution in [1.29, 1.82) is 0 Å². The lowest BCUT2D eigenvalue weighted by molar-refractivity contribution is 0.315. The van der Waals surface area contributed by atoms with E-state index in [1.54, 1.807) is 0 Å². The third-order valence-corrected chi connectivity index (χ3v) is 2.76. The molecule has 0 radical (unpaired) electrons. The van der Waals surface area contributed by atoms with Crippen molar-refractivity contribution in [2.45, 2.75) is 33.1 Å². The molecule has 0 amide bonds. The molecule has 0 saturated heterocycles. The van der Waals surface area contributed by atoms with Crippen LogP contribution in [-0.2, 0) is 6.42 Å². The van der Waals surface area contributed by atoms with Gasteiger partial charge >= 0.3 is 0 Å². The molecule has 0 saturated carbocycles. The van der Waals surface area contributed by atoms with E-state index in [4.69, 9.17) is 4.74 Å². The van der Waals surface area contributed by atoms with Gasteiger partial charge in [-0.05, 0) is 49.8 Å². The highest BCUT2D eigenvalue weighted by molar-refractivity contribution is 5.45. The number of ether oxygens (including phenoxy) is 1. The summed E-state index contributed by atoms with van der Waals surface area (Å²) in [5.41, 5.74) is 4.09.